The summed E-state index contributed by atoms with van der Waals surface area (Å²) in [4.78, 5) is 26.6. The number of rotatable bonds is 7. The van der Waals surface area contributed by atoms with Crippen LogP contribution in [0.3, 0.4) is 0 Å². The molecule has 7 nitrogen and oxygen atoms in total. The van der Waals surface area contributed by atoms with Gasteiger partial charge < -0.3 is 19.5 Å². The first-order valence-corrected chi connectivity index (χ1v) is 7.71. The molecule has 0 bridgehead atoms. The lowest BCUT2D eigenvalue weighted by molar-refractivity contribution is -0.117. The first-order chi connectivity index (χ1) is 11.6. The van der Waals surface area contributed by atoms with Crippen LogP contribution in [0, 0.1) is 0 Å². The second kappa shape index (κ2) is 8.14. The van der Waals surface area contributed by atoms with E-state index in [0.29, 0.717) is 17.1 Å². The first-order valence-electron chi connectivity index (χ1n) is 7.71. The predicted molar refractivity (Wildman–Crippen MR) is 88.9 cm³/mol. The van der Waals surface area contributed by atoms with Crippen LogP contribution >= 0.6 is 0 Å². The monoisotopic (exact) mass is 331 g/mol. The van der Waals surface area contributed by atoms with Crippen LogP contribution in [0.15, 0.2) is 41.1 Å². The van der Waals surface area contributed by atoms with Crippen molar-refractivity contribution in [1.82, 2.24) is 10.1 Å². The van der Waals surface area contributed by atoms with Crippen LogP contribution in [0.5, 0.6) is 5.75 Å². The largest absolute Gasteiger partial charge is 0.496 e. The average molecular weight is 331 g/mol. The molecule has 0 radical (unpaired) electrons. The fourth-order valence-corrected chi connectivity index (χ4v) is 2.24. The lowest BCUT2D eigenvalue weighted by atomic mass is 10.1. The van der Waals surface area contributed by atoms with Gasteiger partial charge in [0.2, 0.25) is 5.91 Å². The van der Waals surface area contributed by atoms with E-state index >= 15 is 0 Å². The topological polar surface area (TPSA) is 84.7 Å². The van der Waals surface area contributed by atoms with E-state index < -0.39 is 0 Å². The van der Waals surface area contributed by atoms with Crippen molar-refractivity contribution < 1.29 is 18.8 Å². The second-order valence-electron chi connectivity index (χ2n) is 5.32. The highest BCUT2D eigenvalue weighted by Gasteiger charge is 2.25. The van der Waals surface area contributed by atoms with Crippen molar-refractivity contribution in [2.75, 3.05) is 19.0 Å². The SMILES string of the molecule is CC[C@H](C)N(CC(=O)Nc1ccon1)C(=O)c1ccccc1OC. The van der Waals surface area contributed by atoms with Gasteiger partial charge in [0.1, 0.15) is 18.6 Å². The third-order valence-electron chi connectivity index (χ3n) is 3.74. The number of hydrogen-bond donors (Lipinski definition) is 1. The highest BCUT2D eigenvalue weighted by atomic mass is 16.5. The molecule has 0 aliphatic rings. The Morgan fingerprint density at radius 1 is 1.33 bits per heavy atom. The zero-order chi connectivity index (χ0) is 17.5. The Balaban J connectivity index is 2.18. The van der Waals surface area contributed by atoms with Gasteiger partial charge in [0.25, 0.3) is 5.91 Å². The van der Waals surface area contributed by atoms with Gasteiger partial charge in [-0.3, -0.25) is 9.59 Å². The maximum Gasteiger partial charge on any atom is 0.258 e. The molecule has 0 aliphatic carbocycles. The molecule has 0 unspecified atom stereocenters. The van der Waals surface area contributed by atoms with E-state index in [2.05, 4.69) is 15.0 Å². The molecule has 0 saturated carbocycles. The number of nitrogens with one attached hydrogen (secondary N) is 1. The smallest absolute Gasteiger partial charge is 0.258 e. The summed E-state index contributed by atoms with van der Waals surface area (Å²) in [5, 5.41) is 6.23. The van der Waals surface area contributed by atoms with Crippen molar-refractivity contribution in [1.29, 1.82) is 0 Å². The summed E-state index contributed by atoms with van der Waals surface area (Å²) in [6, 6.07) is 8.39. The molecule has 0 fully saturated rings. The molecule has 2 rings (SSSR count). The number of methoxy groups -OCH3 is 1. The van der Waals surface area contributed by atoms with E-state index in [4.69, 9.17) is 4.74 Å². The summed E-state index contributed by atoms with van der Waals surface area (Å²) >= 11 is 0. The van der Waals surface area contributed by atoms with Gasteiger partial charge in [0.05, 0.1) is 12.7 Å². The van der Waals surface area contributed by atoms with Gasteiger partial charge in [0.15, 0.2) is 5.82 Å². The van der Waals surface area contributed by atoms with Crippen LogP contribution in [0.4, 0.5) is 5.82 Å². The molecular weight excluding hydrogens is 310 g/mol. The van der Waals surface area contributed by atoms with E-state index in [0.717, 1.165) is 6.42 Å². The van der Waals surface area contributed by atoms with Crippen LogP contribution in [0.1, 0.15) is 30.6 Å². The highest BCUT2D eigenvalue weighted by Crippen LogP contribution is 2.21. The Morgan fingerprint density at radius 2 is 2.08 bits per heavy atom. The summed E-state index contributed by atoms with van der Waals surface area (Å²) in [6.45, 7) is 3.78. The standard InChI is InChI=1S/C17H21N3O4/c1-4-12(2)20(11-16(21)18-15-9-10-24-19-15)17(22)13-7-5-6-8-14(13)23-3/h5-10,12H,4,11H2,1-3H3,(H,18,19,21)/t12-/m0/s1. The maximum atomic E-state index is 12.9. The second-order valence-corrected chi connectivity index (χ2v) is 5.32. The van der Waals surface area contributed by atoms with E-state index in [1.165, 1.54) is 24.3 Å². The molecule has 0 aliphatic heterocycles. The number of ether oxygens (including phenoxy) is 1. The number of carbonyl (C=O) groups is 2. The molecule has 128 valence electrons. The van der Waals surface area contributed by atoms with Gasteiger partial charge in [-0.15, -0.1) is 0 Å². The van der Waals surface area contributed by atoms with Gasteiger partial charge in [-0.05, 0) is 25.5 Å². The number of benzene rings is 1. The summed E-state index contributed by atoms with van der Waals surface area (Å²) in [5.74, 6) is 0.200. The molecule has 1 atom stereocenters. The van der Waals surface area contributed by atoms with Gasteiger partial charge >= 0.3 is 0 Å². The number of carbonyl (C=O) groups excluding carboxylic acids is 2. The zero-order valence-electron chi connectivity index (χ0n) is 14.0. The average Bonchev–Trinajstić information content (AvgIpc) is 3.11. The minimum absolute atomic E-state index is 0.0846. The Bertz CT molecular complexity index is 685. The Kier molecular flexibility index (Phi) is 5.95. The van der Waals surface area contributed by atoms with Crippen molar-refractivity contribution in [2.45, 2.75) is 26.3 Å². The zero-order valence-corrected chi connectivity index (χ0v) is 14.0. The fourth-order valence-electron chi connectivity index (χ4n) is 2.24. The Labute approximate surface area is 140 Å². The highest BCUT2D eigenvalue weighted by molar-refractivity contribution is 6.00. The number of para-hydroxylation sites is 1. The predicted octanol–water partition coefficient (Wildman–Crippen LogP) is 2.56. The van der Waals surface area contributed by atoms with E-state index in [1.807, 2.05) is 13.8 Å². The Morgan fingerprint density at radius 3 is 2.71 bits per heavy atom. The van der Waals surface area contributed by atoms with Crippen molar-refractivity contribution >= 4 is 17.6 Å². The number of aromatic nitrogens is 1. The van der Waals surface area contributed by atoms with Crippen molar-refractivity contribution in [3.05, 3.63) is 42.2 Å². The van der Waals surface area contributed by atoms with E-state index in [-0.39, 0.29) is 24.4 Å². The number of nitrogens with zero attached hydrogens (tertiary/aromatic N) is 2. The van der Waals surface area contributed by atoms with Gasteiger partial charge in [-0.2, -0.15) is 0 Å². The third kappa shape index (κ3) is 4.13. The summed E-state index contributed by atoms with van der Waals surface area (Å²) in [6.07, 6.45) is 2.08. The molecule has 0 spiro atoms. The summed E-state index contributed by atoms with van der Waals surface area (Å²) < 4.78 is 9.92. The summed E-state index contributed by atoms with van der Waals surface area (Å²) in [7, 11) is 1.51. The van der Waals surface area contributed by atoms with Gasteiger partial charge in [-0.1, -0.05) is 24.2 Å². The van der Waals surface area contributed by atoms with Crippen molar-refractivity contribution in [3.63, 3.8) is 0 Å². The lowest BCUT2D eigenvalue weighted by Gasteiger charge is -2.28. The maximum absolute atomic E-state index is 12.9. The minimum Gasteiger partial charge on any atom is -0.496 e. The van der Waals surface area contributed by atoms with Crippen molar-refractivity contribution in [2.24, 2.45) is 0 Å². The van der Waals surface area contributed by atoms with Crippen molar-refractivity contribution in [3.8, 4) is 5.75 Å². The normalized spacial score (nSPS) is 11.6. The first kappa shape index (κ1) is 17.5. The number of hydrogen-bond acceptors (Lipinski definition) is 5. The lowest BCUT2D eigenvalue weighted by Crippen LogP contribution is -2.43. The van der Waals surface area contributed by atoms with Crippen LogP contribution in [0.2, 0.25) is 0 Å². The molecule has 7 heteroatoms. The number of amides is 2. The summed E-state index contributed by atoms with van der Waals surface area (Å²) in [5.41, 5.74) is 0.425. The quantitative estimate of drug-likeness (QED) is 0.843. The van der Waals surface area contributed by atoms with E-state index in [1.54, 1.807) is 24.3 Å². The molecular formula is C17H21N3O4. The van der Waals surface area contributed by atoms with Crippen LogP contribution in [0.25, 0.3) is 0 Å². The van der Waals surface area contributed by atoms with Crippen LogP contribution in [-0.2, 0) is 4.79 Å². The molecule has 2 amide bonds. The molecule has 2 aromatic rings. The minimum atomic E-state index is -0.340. The van der Waals surface area contributed by atoms with Crippen LogP contribution in [-0.4, -0.2) is 41.6 Å². The molecule has 1 N–H and O–H groups in total. The fraction of sp³-hybridized carbons (Fsp3) is 0.353. The molecule has 1 aromatic heterocycles. The van der Waals surface area contributed by atoms with Crippen LogP contribution < -0.4 is 10.1 Å². The Hall–Kier alpha value is -2.83. The van der Waals surface area contributed by atoms with Gasteiger partial charge in [0, 0.05) is 12.1 Å². The molecule has 1 aromatic carbocycles. The van der Waals surface area contributed by atoms with E-state index in [9.17, 15) is 9.59 Å². The molecule has 1 heterocycles. The number of anilines is 1. The third-order valence-corrected chi connectivity index (χ3v) is 3.74. The molecule has 0 saturated heterocycles. The molecule has 24 heavy (non-hydrogen) atoms. The van der Waals surface area contributed by atoms with Gasteiger partial charge in [-0.25, -0.2) is 0 Å².